The number of hydrogen-bond acceptors (Lipinski definition) is 3. The summed E-state index contributed by atoms with van der Waals surface area (Å²) in [5.74, 6) is -0.502. The van der Waals surface area contributed by atoms with Crippen molar-refractivity contribution in [3.63, 3.8) is 0 Å². The fourth-order valence-corrected chi connectivity index (χ4v) is 1.45. The van der Waals surface area contributed by atoms with Crippen LogP contribution in [0.2, 0.25) is 0 Å². The van der Waals surface area contributed by atoms with Gasteiger partial charge in [0.1, 0.15) is 17.3 Å². The Morgan fingerprint density at radius 3 is 1.79 bits per heavy atom. The van der Waals surface area contributed by atoms with Crippen LogP contribution in [0.4, 0.5) is 0 Å². The van der Waals surface area contributed by atoms with Crippen LogP contribution in [-0.2, 0) is 14.4 Å². The summed E-state index contributed by atoms with van der Waals surface area (Å²) in [5.41, 5.74) is 0. The number of carbonyl (C=O) groups is 3. The minimum absolute atomic E-state index is 0.00560. The van der Waals surface area contributed by atoms with Crippen LogP contribution in [0.3, 0.4) is 0 Å². The first-order valence-corrected chi connectivity index (χ1v) is 4.86. The van der Waals surface area contributed by atoms with Crippen molar-refractivity contribution in [2.75, 3.05) is 0 Å². The summed E-state index contributed by atoms with van der Waals surface area (Å²) in [6.45, 7) is 6.20. The lowest BCUT2D eigenvalue weighted by Gasteiger charge is -2.18. The Balaban J connectivity index is 4.37. The molecule has 0 saturated carbocycles. The predicted octanol–water partition coefficient (Wildman–Crippen LogP) is 1.79. The van der Waals surface area contributed by atoms with Crippen LogP contribution in [0.15, 0.2) is 0 Å². The Labute approximate surface area is 84.9 Å². The van der Waals surface area contributed by atoms with Gasteiger partial charge in [0.15, 0.2) is 0 Å². The van der Waals surface area contributed by atoms with E-state index in [1.807, 2.05) is 0 Å². The van der Waals surface area contributed by atoms with Crippen LogP contribution in [0.1, 0.15) is 40.5 Å². The molecule has 0 rings (SSSR count). The first kappa shape index (κ1) is 13.0. The second-order valence-corrected chi connectivity index (χ2v) is 3.86. The van der Waals surface area contributed by atoms with Crippen LogP contribution in [0.5, 0.6) is 0 Å². The Morgan fingerprint density at radius 2 is 1.50 bits per heavy atom. The lowest BCUT2D eigenvalue weighted by atomic mass is 9.84. The van der Waals surface area contributed by atoms with Crippen molar-refractivity contribution in [1.29, 1.82) is 0 Å². The SMILES string of the molecule is CC(=O)CCC(C(C)=O)C(C)C(C)=O. The summed E-state index contributed by atoms with van der Waals surface area (Å²) >= 11 is 0. The second-order valence-electron chi connectivity index (χ2n) is 3.86. The third-order valence-electron chi connectivity index (χ3n) is 2.57. The molecule has 0 spiro atoms. The van der Waals surface area contributed by atoms with Gasteiger partial charge < -0.3 is 4.79 Å². The molecule has 0 aromatic carbocycles. The van der Waals surface area contributed by atoms with E-state index in [0.717, 1.165) is 0 Å². The van der Waals surface area contributed by atoms with Gasteiger partial charge in [0.2, 0.25) is 0 Å². The summed E-state index contributed by atoms with van der Waals surface area (Å²) in [6, 6.07) is 0. The van der Waals surface area contributed by atoms with Gasteiger partial charge in [0, 0.05) is 18.3 Å². The molecule has 80 valence electrons. The van der Waals surface area contributed by atoms with E-state index in [9.17, 15) is 14.4 Å². The summed E-state index contributed by atoms with van der Waals surface area (Å²) < 4.78 is 0. The van der Waals surface area contributed by atoms with Gasteiger partial charge in [-0.1, -0.05) is 6.92 Å². The first-order valence-electron chi connectivity index (χ1n) is 4.86. The van der Waals surface area contributed by atoms with Gasteiger partial charge in [-0.3, -0.25) is 9.59 Å². The second kappa shape index (κ2) is 5.68. The summed E-state index contributed by atoms with van der Waals surface area (Å²) in [4.78, 5) is 33.1. The van der Waals surface area contributed by atoms with Crippen LogP contribution in [0.25, 0.3) is 0 Å². The number of rotatable bonds is 6. The van der Waals surface area contributed by atoms with E-state index in [4.69, 9.17) is 0 Å². The monoisotopic (exact) mass is 198 g/mol. The molecule has 0 aromatic heterocycles. The molecule has 0 saturated heterocycles. The molecular weight excluding hydrogens is 180 g/mol. The van der Waals surface area contributed by atoms with Gasteiger partial charge in [0.25, 0.3) is 0 Å². The number of ketones is 3. The average Bonchev–Trinajstić information content (AvgIpc) is 2.02. The van der Waals surface area contributed by atoms with E-state index in [1.54, 1.807) is 6.92 Å². The highest BCUT2D eigenvalue weighted by Crippen LogP contribution is 2.19. The maximum absolute atomic E-state index is 11.2. The maximum Gasteiger partial charge on any atom is 0.133 e. The largest absolute Gasteiger partial charge is 0.300 e. The summed E-state index contributed by atoms with van der Waals surface area (Å²) in [6.07, 6.45) is 0.868. The first-order chi connectivity index (χ1) is 6.36. The van der Waals surface area contributed by atoms with Gasteiger partial charge in [-0.25, -0.2) is 0 Å². The topological polar surface area (TPSA) is 51.2 Å². The van der Waals surface area contributed by atoms with Crippen LogP contribution in [-0.4, -0.2) is 17.3 Å². The predicted molar refractivity (Wildman–Crippen MR) is 53.9 cm³/mol. The van der Waals surface area contributed by atoms with Crippen LogP contribution in [0, 0.1) is 11.8 Å². The molecule has 0 fully saturated rings. The zero-order valence-electron chi connectivity index (χ0n) is 9.29. The van der Waals surface area contributed by atoms with Gasteiger partial charge >= 0.3 is 0 Å². The van der Waals surface area contributed by atoms with Crippen molar-refractivity contribution >= 4 is 17.3 Å². The minimum atomic E-state index is -0.295. The average molecular weight is 198 g/mol. The molecule has 0 heterocycles. The van der Waals surface area contributed by atoms with Crippen molar-refractivity contribution < 1.29 is 14.4 Å². The quantitative estimate of drug-likeness (QED) is 0.653. The van der Waals surface area contributed by atoms with E-state index in [1.165, 1.54) is 20.8 Å². The standard InChI is InChI=1S/C11H18O3/c1-7(12)5-6-11(10(4)14)8(2)9(3)13/h8,11H,5-6H2,1-4H3. The molecule has 0 aromatic rings. The molecule has 0 amide bonds. The van der Waals surface area contributed by atoms with Gasteiger partial charge in [-0.05, 0) is 27.2 Å². The van der Waals surface area contributed by atoms with E-state index in [-0.39, 0.29) is 29.2 Å². The highest BCUT2D eigenvalue weighted by atomic mass is 16.1. The normalized spacial score (nSPS) is 14.6. The number of carbonyl (C=O) groups excluding carboxylic acids is 3. The zero-order valence-corrected chi connectivity index (χ0v) is 9.29. The van der Waals surface area contributed by atoms with Crippen molar-refractivity contribution in [3.05, 3.63) is 0 Å². The van der Waals surface area contributed by atoms with Crippen molar-refractivity contribution in [1.82, 2.24) is 0 Å². The molecule has 2 atom stereocenters. The van der Waals surface area contributed by atoms with E-state index in [2.05, 4.69) is 0 Å². The van der Waals surface area contributed by atoms with Crippen molar-refractivity contribution in [2.24, 2.45) is 11.8 Å². The highest BCUT2D eigenvalue weighted by Gasteiger charge is 2.25. The Hall–Kier alpha value is -0.990. The third-order valence-corrected chi connectivity index (χ3v) is 2.57. The highest BCUT2D eigenvalue weighted by molar-refractivity contribution is 5.87. The molecule has 14 heavy (non-hydrogen) atoms. The van der Waals surface area contributed by atoms with E-state index < -0.39 is 0 Å². The Kier molecular flexibility index (Phi) is 5.28. The maximum atomic E-state index is 11.2. The van der Waals surface area contributed by atoms with E-state index >= 15 is 0 Å². The molecule has 3 heteroatoms. The molecule has 0 radical (unpaired) electrons. The molecule has 0 aliphatic carbocycles. The van der Waals surface area contributed by atoms with Crippen molar-refractivity contribution in [2.45, 2.75) is 40.5 Å². The molecule has 0 aliphatic heterocycles. The van der Waals surface area contributed by atoms with Crippen LogP contribution >= 0.6 is 0 Å². The van der Waals surface area contributed by atoms with Gasteiger partial charge in [0.05, 0.1) is 0 Å². The Morgan fingerprint density at radius 1 is 1.00 bits per heavy atom. The minimum Gasteiger partial charge on any atom is -0.300 e. The lowest BCUT2D eigenvalue weighted by molar-refractivity contribution is -0.130. The summed E-state index contributed by atoms with van der Waals surface area (Å²) in [7, 11) is 0. The fraction of sp³-hybridized carbons (Fsp3) is 0.727. The molecule has 3 nitrogen and oxygen atoms in total. The fourth-order valence-electron chi connectivity index (χ4n) is 1.45. The van der Waals surface area contributed by atoms with Crippen LogP contribution < -0.4 is 0 Å². The Bertz CT molecular complexity index is 243. The number of Topliss-reactive ketones (excluding diaryl/α,β-unsaturated/α-hetero) is 3. The van der Waals surface area contributed by atoms with Gasteiger partial charge in [-0.15, -0.1) is 0 Å². The third kappa shape index (κ3) is 4.30. The van der Waals surface area contributed by atoms with Gasteiger partial charge in [-0.2, -0.15) is 0 Å². The van der Waals surface area contributed by atoms with Crippen molar-refractivity contribution in [3.8, 4) is 0 Å². The molecule has 2 unspecified atom stereocenters. The molecule has 0 bridgehead atoms. The summed E-state index contributed by atoms with van der Waals surface area (Å²) in [5, 5.41) is 0. The molecular formula is C11H18O3. The smallest absolute Gasteiger partial charge is 0.133 e. The molecule has 0 aliphatic rings. The van der Waals surface area contributed by atoms with E-state index in [0.29, 0.717) is 12.8 Å². The lowest BCUT2D eigenvalue weighted by Crippen LogP contribution is -2.25. The number of hydrogen-bond donors (Lipinski definition) is 0. The zero-order chi connectivity index (χ0) is 11.3. The molecule has 0 N–H and O–H groups in total.